The van der Waals surface area contributed by atoms with Crippen LogP contribution in [0.4, 0.5) is 5.69 Å². The maximum atomic E-state index is 13.1. The number of hydrogen-bond donors (Lipinski definition) is 1. The second kappa shape index (κ2) is 13.5. The SMILES string of the molecule is COc1cc(-c2cn(C)c(=O)c3cnn(C)c23)cc(OC)c1CN1CC(CN2CCC3(CC2)CN(c2ccc4c(c2)CN(C2CCC(=O)NC2=O)C4=O)C3)C1. The van der Waals surface area contributed by atoms with Gasteiger partial charge in [0.15, 0.2) is 0 Å². The minimum Gasteiger partial charge on any atom is -0.496 e. The number of likely N-dealkylation sites (tertiary alicyclic amines) is 2. The third-order valence-corrected chi connectivity index (χ3v) is 12.8. The van der Waals surface area contributed by atoms with Crippen LogP contribution in [0, 0.1) is 11.3 Å². The molecule has 2 aromatic heterocycles. The molecular weight excluding hydrogens is 701 g/mol. The van der Waals surface area contributed by atoms with Gasteiger partial charge in [0.1, 0.15) is 17.5 Å². The number of imide groups is 1. The molecule has 288 valence electrons. The number of carbonyl (C=O) groups is 3. The van der Waals surface area contributed by atoms with E-state index in [1.165, 1.54) is 12.8 Å². The summed E-state index contributed by atoms with van der Waals surface area (Å²) < 4.78 is 15.2. The molecule has 1 unspecified atom stereocenters. The zero-order valence-electron chi connectivity index (χ0n) is 32.0. The van der Waals surface area contributed by atoms with Gasteiger partial charge in [-0.1, -0.05) is 0 Å². The molecule has 14 nitrogen and oxygen atoms in total. The topological polar surface area (TPSA) is 134 Å². The number of methoxy groups -OCH3 is 2. The lowest BCUT2D eigenvalue weighted by Crippen LogP contribution is -2.61. The highest BCUT2D eigenvalue weighted by molar-refractivity contribution is 6.05. The maximum absolute atomic E-state index is 13.1. The molecule has 4 aromatic rings. The zero-order chi connectivity index (χ0) is 38.2. The van der Waals surface area contributed by atoms with Crippen LogP contribution in [0.25, 0.3) is 22.0 Å². The van der Waals surface area contributed by atoms with Crippen molar-refractivity contribution >= 4 is 34.3 Å². The molecule has 0 radical (unpaired) electrons. The fourth-order valence-corrected chi connectivity index (χ4v) is 9.66. The fraction of sp³-hybridized carbons (Fsp3) is 0.488. The van der Waals surface area contributed by atoms with E-state index in [0.717, 1.165) is 97.3 Å². The molecule has 1 atom stereocenters. The zero-order valence-corrected chi connectivity index (χ0v) is 32.0. The van der Waals surface area contributed by atoms with Crippen LogP contribution in [0.2, 0.25) is 0 Å². The van der Waals surface area contributed by atoms with Crippen LogP contribution in [0.15, 0.2) is 47.5 Å². The van der Waals surface area contributed by atoms with Crippen LogP contribution in [-0.2, 0) is 36.8 Å². The lowest BCUT2D eigenvalue weighted by molar-refractivity contribution is -0.136. The number of carbonyl (C=O) groups excluding carboxylic acids is 3. The first kappa shape index (κ1) is 35.5. The minimum atomic E-state index is -0.591. The highest BCUT2D eigenvalue weighted by atomic mass is 16.5. The standard InChI is InChI=1S/C41H48N8O6/c1-44-21-31(37-30(39(44)52)16-42-45(37)2)26-14-34(54-3)32(35(15-26)55-4)22-47-18-25(19-47)17-46-11-9-41(10-12-46)23-48(24-41)28-5-6-29-27(13-28)20-49(40(29)53)33-7-8-36(50)43-38(33)51/h5-6,13-16,21,25,33H,7-12,17-20,22-24H2,1-4H3,(H,43,50,51). The molecule has 0 bridgehead atoms. The maximum Gasteiger partial charge on any atom is 0.261 e. The first-order valence-electron chi connectivity index (χ1n) is 19.3. The lowest BCUT2D eigenvalue weighted by atomic mass is 9.71. The molecule has 5 aliphatic rings. The summed E-state index contributed by atoms with van der Waals surface area (Å²) in [5.74, 6) is 1.38. The Bertz CT molecular complexity index is 2250. The van der Waals surface area contributed by atoms with Gasteiger partial charge in [-0.25, -0.2) is 0 Å². The number of amides is 3. The van der Waals surface area contributed by atoms with Gasteiger partial charge in [-0.3, -0.25) is 34.1 Å². The number of hydrogen-bond acceptors (Lipinski definition) is 10. The van der Waals surface area contributed by atoms with E-state index in [4.69, 9.17) is 9.47 Å². The first-order valence-corrected chi connectivity index (χ1v) is 19.3. The third-order valence-electron chi connectivity index (χ3n) is 12.8. The van der Waals surface area contributed by atoms with Gasteiger partial charge in [-0.2, -0.15) is 5.10 Å². The van der Waals surface area contributed by atoms with Crippen LogP contribution in [0.3, 0.4) is 0 Å². The number of pyridine rings is 1. The van der Waals surface area contributed by atoms with Gasteiger partial charge in [-0.15, -0.1) is 0 Å². The van der Waals surface area contributed by atoms with Crippen molar-refractivity contribution in [2.24, 2.45) is 25.4 Å². The first-order chi connectivity index (χ1) is 26.5. The molecule has 1 N–H and O–H groups in total. The Morgan fingerprint density at radius 1 is 0.927 bits per heavy atom. The van der Waals surface area contributed by atoms with E-state index in [1.54, 1.807) is 41.6 Å². The Labute approximate surface area is 319 Å². The Morgan fingerprint density at radius 2 is 1.65 bits per heavy atom. The number of piperidine rings is 2. The van der Waals surface area contributed by atoms with Crippen molar-refractivity contribution in [3.05, 3.63) is 69.8 Å². The Morgan fingerprint density at radius 3 is 2.35 bits per heavy atom. The Balaban J connectivity index is 0.772. The molecule has 0 aliphatic carbocycles. The van der Waals surface area contributed by atoms with E-state index >= 15 is 0 Å². The average molecular weight is 749 g/mol. The summed E-state index contributed by atoms with van der Waals surface area (Å²) in [5, 5.41) is 7.31. The predicted molar refractivity (Wildman–Crippen MR) is 206 cm³/mol. The van der Waals surface area contributed by atoms with Crippen molar-refractivity contribution in [2.45, 2.75) is 44.8 Å². The number of anilines is 1. The fourth-order valence-electron chi connectivity index (χ4n) is 9.66. The van der Waals surface area contributed by atoms with E-state index in [9.17, 15) is 19.2 Å². The van der Waals surface area contributed by atoms with Crippen LogP contribution in [0.5, 0.6) is 11.5 Å². The number of ether oxygens (including phenoxy) is 2. The van der Waals surface area contributed by atoms with Crippen LogP contribution >= 0.6 is 0 Å². The number of aromatic nitrogens is 3. The Kier molecular flexibility index (Phi) is 8.72. The van der Waals surface area contributed by atoms with Crippen molar-refractivity contribution < 1.29 is 23.9 Å². The monoisotopic (exact) mass is 748 g/mol. The quantitative estimate of drug-likeness (QED) is 0.255. The molecule has 4 fully saturated rings. The highest BCUT2D eigenvalue weighted by Gasteiger charge is 2.46. The Hall–Kier alpha value is -5.21. The molecule has 3 amide bonds. The predicted octanol–water partition coefficient (Wildman–Crippen LogP) is 2.75. The molecule has 2 aromatic carbocycles. The molecule has 4 saturated heterocycles. The summed E-state index contributed by atoms with van der Waals surface area (Å²) in [4.78, 5) is 59.1. The van der Waals surface area contributed by atoms with E-state index < -0.39 is 6.04 Å². The van der Waals surface area contributed by atoms with Gasteiger partial charge in [0.05, 0.1) is 36.9 Å². The molecule has 0 saturated carbocycles. The molecule has 5 aliphatic heterocycles. The van der Waals surface area contributed by atoms with Gasteiger partial charge in [0.2, 0.25) is 11.8 Å². The van der Waals surface area contributed by atoms with Crippen LogP contribution < -0.4 is 25.2 Å². The molecule has 9 rings (SSSR count). The van der Waals surface area contributed by atoms with Gasteiger partial charge >= 0.3 is 0 Å². The van der Waals surface area contributed by atoms with Gasteiger partial charge < -0.3 is 28.7 Å². The van der Waals surface area contributed by atoms with Crippen molar-refractivity contribution in [3.63, 3.8) is 0 Å². The molecular formula is C41H48N8O6. The molecule has 14 heteroatoms. The minimum absolute atomic E-state index is 0.0800. The summed E-state index contributed by atoms with van der Waals surface area (Å²) >= 11 is 0. The van der Waals surface area contributed by atoms with Crippen molar-refractivity contribution in [1.82, 2.24) is 34.4 Å². The summed E-state index contributed by atoms with van der Waals surface area (Å²) in [6.07, 6.45) is 6.48. The summed E-state index contributed by atoms with van der Waals surface area (Å²) in [5.41, 5.74) is 6.62. The number of nitrogens with one attached hydrogen (secondary N) is 1. The highest BCUT2D eigenvalue weighted by Crippen LogP contribution is 2.44. The van der Waals surface area contributed by atoms with Gasteiger partial charge in [0.25, 0.3) is 11.5 Å². The number of nitrogens with zero attached hydrogens (tertiary/aromatic N) is 7. The molecule has 1 spiro atoms. The van der Waals surface area contributed by atoms with Crippen molar-refractivity contribution in [2.75, 3.05) is 64.9 Å². The largest absolute Gasteiger partial charge is 0.496 e. The number of rotatable bonds is 9. The normalized spacial score (nSPS) is 21.5. The van der Waals surface area contributed by atoms with Gasteiger partial charge in [-0.05, 0) is 79.7 Å². The summed E-state index contributed by atoms with van der Waals surface area (Å²) in [7, 11) is 6.99. The van der Waals surface area contributed by atoms with E-state index in [-0.39, 0.29) is 29.7 Å². The smallest absolute Gasteiger partial charge is 0.261 e. The number of aryl methyl sites for hydroxylation is 2. The number of fused-ring (bicyclic) bond motifs is 2. The van der Waals surface area contributed by atoms with E-state index in [0.29, 0.717) is 35.2 Å². The lowest BCUT2D eigenvalue weighted by Gasteiger charge is -2.55. The second-order valence-electron chi connectivity index (χ2n) is 16.3. The number of benzene rings is 2. The van der Waals surface area contributed by atoms with Crippen LogP contribution in [0.1, 0.15) is 47.2 Å². The second-order valence-corrected chi connectivity index (χ2v) is 16.3. The molecule has 7 heterocycles. The van der Waals surface area contributed by atoms with Gasteiger partial charge in [0, 0.05) is 94.8 Å². The summed E-state index contributed by atoms with van der Waals surface area (Å²) in [6.45, 7) is 8.59. The molecule has 55 heavy (non-hydrogen) atoms. The van der Waals surface area contributed by atoms with Crippen molar-refractivity contribution in [3.8, 4) is 22.6 Å². The van der Waals surface area contributed by atoms with Crippen LogP contribution in [-0.4, -0.2) is 113 Å². The van der Waals surface area contributed by atoms with E-state index in [1.807, 2.05) is 37.5 Å². The summed E-state index contributed by atoms with van der Waals surface area (Å²) in [6, 6.07) is 9.56. The average Bonchev–Trinajstić information content (AvgIpc) is 3.70. The van der Waals surface area contributed by atoms with Crippen molar-refractivity contribution in [1.29, 1.82) is 0 Å². The van der Waals surface area contributed by atoms with E-state index in [2.05, 4.69) is 31.2 Å². The third kappa shape index (κ3) is 6.15.